The minimum Gasteiger partial charge on any atom is -0.392 e. The second-order valence-electron chi connectivity index (χ2n) is 6.53. The zero-order chi connectivity index (χ0) is 14.6. The summed E-state index contributed by atoms with van der Waals surface area (Å²) in [5.74, 6) is -0.219. The maximum atomic E-state index is 13.1. The number of allylic oxidation sites excluding steroid dienone is 1. The van der Waals surface area contributed by atoms with Crippen LogP contribution in [0, 0.1) is 11.2 Å². The van der Waals surface area contributed by atoms with Crippen molar-refractivity contribution in [2.75, 3.05) is 0 Å². The van der Waals surface area contributed by atoms with Gasteiger partial charge in [0.1, 0.15) is 11.9 Å². The van der Waals surface area contributed by atoms with E-state index in [1.807, 2.05) is 18.3 Å². The van der Waals surface area contributed by atoms with Crippen LogP contribution < -0.4 is 0 Å². The van der Waals surface area contributed by atoms with E-state index >= 15 is 0 Å². The average Bonchev–Trinajstić information content (AvgIpc) is 2.99. The lowest BCUT2D eigenvalue weighted by Crippen LogP contribution is -2.30. The second-order valence-corrected chi connectivity index (χ2v) is 6.53. The molecule has 0 saturated heterocycles. The van der Waals surface area contributed by atoms with Crippen molar-refractivity contribution in [2.24, 2.45) is 10.4 Å². The van der Waals surface area contributed by atoms with Gasteiger partial charge < -0.3 is 5.11 Å². The van der Waals surface area contributed by atoms with Crippen LogP contribution in [-0.2, 0) is 0 Å². The molecular weight excluding hydrogens is 265 g/mol. The molecule has 0 aromatic heterocycles. The summed E-state index contributed by atoms with van der Waals surface area (Å²) in [6, 6.07) is 6.58. The van der Waals surface area contributed by atoms with Crippen LogP contribution in [0.3, 0.4) is 0 Å². The van der Waals surface area contributed by atoms with Gasteiger partial charge in [0.15, 0.2) is 0 Å². The molecule has 1 fully saturated rings. The monoisotopic (exact) mass is 283 g/mol. The normalized spacial score (nSPS) is 34.0. The highest BCUT2D eigenvalue weighted by Gasteiger charge is 2.45. The Morgan fingerprint density at radius 3 is 2.81 bits per heavy atom. The van der Waals surface area contributed by atoms with E-state index in [4.69, 9.17) is 0 Å². The first-order chi connectivity index (χ1) is 10.1. The fraction of sp³-hybridized carbons (Fsp3) is 0.389. The summed E-state index contributed by atoms with van der Waals surface area (Å²) in [6.45, 7) is 2.15. The number of nitrogens with zero attached hydrogens (tertiary/aromatic N) is 1. The second kappa shape index (κ2) is 4.38. The van der Waals surface area contributed by atoms with Gasteiger partial charge in [0.05, 0.1) is 6.10 Å². The number of rotatable bonds is 1. The largest absolute Gasteiger partial charge is 0.392 e. The summed E-state index contributed by atoms with van der Waals surface area (Å²) in [4.78, 5) is 4.62. The first-order valence-electron chi connectivity index (χ1n) is 7.49. The van der Waals surface area contributed by atoms with Crippen molar-refractivity contribution in [1.82, 2.24) is 0 Å². The van der Waals surface area contributed by atoms with Crippen molar-refractivity contribution in [2.45, 2.75) is 38.3 Å². The number of fused-ring (bicyclic) bond motifs is 1. The molecule has 2 nitrogen and oxygen atoms in total. The van der Waals surface area contributed by atoms with E-state index in [-0.39, 0.29) is 23.4 Å². The Balaban J connectivity index is 1.72. The Bertz CT molecular complexity index is 686. The van der Waals surface area contributed by atoms with Gasteiger partial charge in [0.2, 0.25) is 0 Å². The first-order valence-corrected chi connectivity index (χ1v) is 7.49. The molecule has 4 rings (SSSR count). The van der Waals surface area contributed by atoms with E-state index in [0.29, 0.717) is 0 Å². The van der Waals surface area contributed by atoms with Crippen molar-refractivity contribution < 1.29 is 9.50 Å². The van der Waals surface area contributed by atoms with Crippen LogP contribution in [0.2, 0.25) is 0 Å². The molecule has 1 aliphatic heterocycles. The SMILES string of the molecule is CC12CC3=C(C=C1CCC2O)C(c1ccc(F)cc1)N=C3. The number of hydrogen-bond acceptors (Lipinski definition) is 2. The smallest absolute Gasteiger partial charge is 0.123 e. The molecule has 1 heterocycles. The molecule has 1 aromatic carbocycles. The molecule has 1 N–H and O–H groups in total. The minimum atomic E-state index is -0.254. The molecule has 3 aliphatic rings. The molecule has 21 heavy (non-hydrogen) atoms. The van der Waals surface area contributed by atoms with Gasteiger partial charge in [-0.05, 0) is 48.1 Å². The Labute approximate surface area is 123 Å². The summed E-state index contributed by atoms with van der Waals surface area (Å²) < 4.78 is 13.1. The molecule has 0 bridgehead atoms. The highest BCUT2D eigenvalue weighted by Crippen LogP contribution is 2.53. The van der Waals surface area contributed by atoms with Gasteiger partial charge in [-0.3, -0.25) is 4.99 Å². The quantitative estimate of drug-likeness (QED) is 0.836. The zero-order valence-electron chi connectivity index (χ0n) is 12.0. The van der Waals surface area contributed by atoms with Gasteiger partial charge in [0.25, 0.3) is 0 Å². The maximum Gasteiger partial charge on any atom is 0.123 e. The maximum absolute atomic E-state index is 13.1. The molecule has 0 radical (unpaired) electrons. The van der Waals surface area contributed by atoms with Gasteiger partial charge in [-0.1, -0.05) is 30.7 Å². The molecular formula is C18H18FNO. The van der Waals surface area contributed by atoms with E-state index in [2.05, 4.69) is 18.0 Å². The Morgan fingerprint density at radius 1 is 1.29 bits per heavy atom. The van der Waals surface area contributed by atoms with Gasteiger partial charge in [0, 0.05) is 11.6 Å². The Morgan fingerprint density at radius 2 is 2.05 bits per heavy atom. The molecule has 0 amide bonds. The van der Waals surface area contributed by atoms with Gasteiger partial charge in [-0.2, -0.15) is 0 Å². The highest BCUT2D eigenvalue weighted by atomic mass is 19.1. The van der Waals surface area contributed by atoms with Crippen LogP contribution in [0.25, 0.3) is 0 Å². The summed E-state index contributed by atoms with van der Waals surface area (Å²) >= 11 is 0. The van der Waals surface area contributed by atoms with Crippen LogP contribution in [0.5, 0.6) is 0 Å². The minimum absolute atomic E-state index is 0.0182. The van der Waals surface area contributed by atoms with Crippen LogP contribution in [0.1, 0.15) is 37.8 Å². The molecule has 1 aromatic rings. The molecule has 1 saturated carbocycles. The number of aliphatic imine (C=N–C) groups is 1. The topological polar surface area (TPSA) is 32.6 Å². The van der Waals surface area contributed by atoms with Gasteiger partial charge in [-0.25, -0.2) is 4.39 Å². The van der Waals surface area contributed by atoms with Crippen LogP contribution >= 0.6 is 0 Å². The third-order valence-electron chi connectivity index (χ3n) is 5.27. The van der Waals surface area contributed by atoms with Crippen molar-refractivity contribution in [3.05, 3.63) is 58.4 Å². The lowest BCUT2D eigenvalue weighted by atomic mass is 9.72. The molecule has 108 valence electrons. The predicted octanol–water partition coefficient (Wildman–Crippen LogP) is 3.74. The lowest BCUT2D eigenvalue weighted by molar-refractivity contribution is 0.0839. The van der Waals surface area contributed by atoms with Gasteiger partial charge >= 0.3 is 0 Å². The Kier molecular flexibility index (Phi) is 2.70. The predicted molar refractivity (Wildman–Crippen MR) is 80.7 cm³/mol. The van der Waals surface area contributed by atoms with E-state index in [9.17, 15) is 9.50 Å². The highest BCUT2D eigenvalue weighted by molar-refractivity contribution is 5.86. The fourth-order valence-corrected chi connectivity index (χ4v) is 3.89. The fourth-order valence-electron chi connectivity index (χ4n) is 3.89. The van der Waals surface area contributed by atoms with Crippen LogP contribution in [0.15, 0.2) is 52.1 Å². The van der Waals surface area contributed by atoms with Crippen molar-refractivity contribution >= 4 is 6.21 Å². The number of hydrogen-bond donors (Lipinski definition) is 1. The van der Waals surface area contributed by atoms with Crippen molar-refractivity contribution in [3.63, 3.8) is 0 Å². The van der Waals surface area contributed by atoms with Crippen molar-refractivity contribution in [1.29, 1.82) is 0 Å². The number of aliphatic hydroxyl groups excluding tert-OH is 1. The van der Waals surface area contributed by atoms with E-state index in [1.54, 1.807) is 0 Å². The molecule has 2 aliphatic carbocycles. The van der Waals surface area contributed by atoms with Crippen molar-refractivity contribution in [3.8, 4) is 0 Å². The molecule has 3 heteroatoms. The molecule has 0 spiro atoms. The third-order valence-corrected chi connectivity index (χ3v) is 5.27. The molecule has 3 atom stereocenters. The van der Waals surface area contributed by atoms with Gasteiger partial charge in [-0.15, -0.1) is 0 Å². The summed E-state index contributed by atoms with van der Waals surface area (Å²) in [5.41, 5.74) is 4.69. The summed E-state index contributed by atoms with van der Waals surface area (Å²) in [6.07, 6.45) is 6.59. The third kappa shape index (κ3) is 1.84. The number of aliphatic hydroxyl groups is 1. The van der Waals surface area contributed by atoms with Crippen LogP contribution in [-0.4, -0.2) is 17.4 Å². The van der Waals surface area contributed by atoms with Crippen LogP contribution in [0.4, 0.5) is 4.39 Å². The standard InChI is InChI=1S/C18H18FNO/c1-18-9-12-10-20-17(11-2-5-14(19)6-3-11)15(12)8-13(18)4-7-16(18)21/h2-3,5-6,8,10,16-17,21H,4,7,9H2,1H3. The Hall–Kier alpha value is -1.74. The summed E-state index contributed by atoms with van der Waals surface area (Å²) in [5, 5.41) is 10.3. The summed E-state index contributed by atoms with van der Waals surface area (Å²) in [7, 11) is 0. The average molecular weight is 283 g/mol. The lowest BCUT2D eigenvalue weighted by Gasteiger charge is -2.34. The number of halogens is 1. The zero-order valence-corrected chi connectivity index (χ0v) is 12.0. The van der Waals surface area contributed by atoms with E-state index < -0.39 is 0 Å². The number of benzene rings is 1. The molecule has 3 unspecified atom stereocenters. The first kappa shape index (κ1) is 13.0. The van der Waals surface area contributed by atoms with E-state index in [1.165, 1.54) is 28.9 Å². The van der Waals surface area contributed by atoms with E-state index in [0.717, 1.165) is 24.8 Å².